The van der Waals surface area contributed by atoms with Crippen molar-refractivity contribution < 1.29 is 12.8 Å². The van der Waals surface area contributed by atoms with Gasteiger partial charge in [0.15, 0.2) is 0 Å². The van der Waals surface area contributed by atoms with Gasteiger partial charge in [0, 0.05) is 16.5 Å². The third-order valence-electron chi connectivity index (χ3n) is 4.25. The molecule has 1 N–H and O–H groups in total. The minimum atomic E-state index is -3.53. The van der Waals surface area contributed by atoms with E-state index >= 15 is 0 Å². The van der Waals surface area contributed by atoms with Gasteiger partial charge in [-0.3, -0.25) is 9.71 Å². The molecule has 0 bridgehead atoms. The van der Waals surface area contributed by atoms with E-state index in [1.807, 2.05) is 38.1 Å². The van der Waals surface area contributed by atoms with Crippen molar-refractivity contribution in [2.24, 2.45) is 4.99 Å². The van der Waals surface area contributed by atoms with Crippen LogP contribution >= 0.6 is 0 Å². The molecule has 122 valence electrons. The standard InChI is InChI=1S/C18H16N2O3S/c1-11-13-7-3-5-9-15(13)23-17(11)12(2)19-18-14-8-4-6-10-16(14)24(21,22)20-18/h3-10,12H,1-2H3,(H,19,20)/t12-/m1/s1. The van der Waals surface area contributed by atoms with Gasteiger partial charge in [-0.05, 0) is 32.0 Å². The molecule has 3 aromatic rings. The van der Waals surface area contributed by atoms with Crippen molar-refractivity contribution in [3.8, 4) is 0 Å². The Hall–Kier alpha value is -2.60. The number of furan rings is 1. The first-order valence-corrected chi connectivity index (χ1v) is 9.14. The summed E-state index contributed by atoms with van der Waals surface area (Å²) in [5.41, 5.74) is 2.43. The van der Waals surface area contributed by atoms with Crippen molar-refractivity contribution in [2.75, 3.05) is 0 Å². The molecule has 24 heavy (non-hydrogen) atoms. The molecule has 1 aromatic heterocycles. The van der Waals surface area contributed by atoms with Crippen LogP contribution in [-0.2, 0) is 10.0 Å². The minimum absolute atomic E-state index is 0.261. The number of para-hydroxylation sites is 1. The molecule has 0 saturated heterocycles. The third kappa shape index (κ3) is 2.22. The van der Waals surface area contributed by atoms with Gasteiger partial charge in [-0.2, -0.15) is 0 Å². The van der Waals surface area contributed by atoms with E-state index in [0.29, 0.717) is 11.4 Å². The topological polar surface area (TPSA) is 71.7 Å². The highest BCUT2D eigenvalue weighted by Crippen LogP contribution is 2.32. The summed E-state index contributed by atoms with van der Waals surface area (Å²) in [6.45, 7) is 3.89. The number of aliphatic imine (C=N–C) groups is 1. The van der Waals surface area contributed by atoms with Gasteiger partial charge in [0.05, 0.1) is 4.90 Å². The van der Waals surface area contributed by atoms with Gasteiger partial charge in [0.1, 0.15) is 23.2 Å². The summed E-state index contributed by atoms with van der Waals surface area (Å²) in [5, 5.41) is 1.05. The molecule has 1 aliphatic heterocycles. The Bertz CT molecular complexity index is 1080. The fraction of sp³-hybridized carbons (Fsp3) is 0.167. The average molecular weight is 340 g/mol. The van der Waals surface area contributed by atoms with Crippen LogP contribution in [0.3, 0.4) is 0 Å². The van der Waals surface area contributed by atoms with Gasteiger partial charge in [-0.15, -0.1) is 0 Å². The first-order chi connectivity index (χ1) is 11.5. The van der Waals surface area contributed by atoms with Crippen molar-refractivity contribution in [1.29, 1.82) is 0 Å². The van der Waals surface area contributed by atoms with Crippen molar-refractivity contribution in [2.45, 2.75) is 24.8 Å². The first-order valence-electron chi connectivity index (χ1n) is 7.65. The highest BCUT2D eigenvalue weighted by molar-refractivity contribution is 7.90. The second kappa shape index (κ2) is 5.21. The number of hydrogen-bond donors (Lipinski definition) is 1. The predicted octanol–water partition coefficient (Wildman–Crippen LogP) is 3.54. The Labute approximate surface area is 140 Å². The molecular weight excluding hydrogens is 324 g/mol. The van der Waals surface area contributed by atoms with Crippen LogP contribution in [0.1, 0.15) is 29.9 Å². The lowest BCUT2D eigenvalue weighted by molar-refractivity contribution is 0.510. The summed E-state index contributed by atoms with van der Waals surface area (Å²) in [4.78, 5) is 4.83. The number of rotatable bonds is 2. The van der Waals surface area contributed by atoms with E-state index in [1.165, 1.54) is 0 Å². The van der Waals surface area contributed by atoms with Crippen LogP contribution in [0.15, 0.2) is 62.8 Å². The molecule has 6 heteroatoms. The summed E-state index contributed by atoms with van der Waals surface area (Å²) in [6, 6.07) is 14.3. The molecule has 2 aromatic carbocycles. The molecule has 0 fully saturated rings. The van der Waals surface area contributed by atoms with Gasteiger partial charge in [0.2, 0.25) is 0 Å². The number of aryl methyl sites for hydroxylation is 1. The third-order valence-corrected chi connectivity index (χ3v) is 5.64. The number of amidine groups is 1. The molecule has 2 heterocycles. The Balaban J connectivity index is 1.80. The molecule has 1 atom stereocenters. The van der Waals surface area contributed by atoms with Crippen LogP contribution in [0.2, 0.25) is 0 Å². The van der Waals surface area contributed by atoms with Crippen LogP contribution in [0.5, 0.6) is 0 Å². The van der Waals surface area contributed by atoms with Crippen molar-refractivity contribution in [1.82, 2.24) is 4.72 Å². The average Bonchev–Trinajstić information content (AvgIpc) is 3.03. The highest BCUT2D eigenvalue weighted by atomic mass is 32.2. The van der Waals surface area contributed by atoms with E-state index in [-0.39, 0.29) is 10.9 Å². The molecule has 0 saturated carbocycles. The summed E-state index contributed by atoms with van der Waals surface area (Å²) >= 11 is 0. The quantitative estimate of drug-likeness (QED) is 0.775. The van der Waals surface area contributed by atoms with Gasteiger partial charge in [0.25, 0.3) is 10.0 Å². The first kappa shape index (κ1) is 15.0. The molecule has 0 aliphatic carbocycles. The van der Waals surface area contributed by atoms with Crippen molar-refractivity contribution in [3.63, 3.8) is 0 Å². The Morgan fingerprint density at radius 1 is 1.08 bits per heavy atom. The van der Waals surface area contributed by atoms with E-state index in [4.69, 9.17) is 4.42 Å². The van der Waals surface area contributed by atoms with Crippen LogP contribution in [-0.4, -0.2) is 14.3 Å². The summed E-state index contributed by atoms with van der Waals surface area (Å²) in [5.74, 6) is 1.10. The SMILES string of the molecule is Cc1c([C@@H](C)N=C2NS(=O)(=O)c3ccccc32)oc2ccccc12. The van der Waals surface area contributed by atoms with Crippen molar-refractivity contribution in [3.05, 3.63) is 65.4 Å². The molecule has 5 nitrogen and oxygen atoms in total. The smallest absolute Gasteiger partial charge is 0.263 e. The van der Waals surface area contributed by atoms with E-state index in [2.05, 4.69) is 9.71 Å². The zero-order chi connectivity index (χ0) is 16.9. The van der Waals surface area contributed by atoms with Crippen LogP contribution < -0.4 is 4.72 Å². The zero-order valence-corrected chi connectivity index (χ0v) is 14.1. The second-order valence-electron chi connectivity index (χ2n) is 5.84. The molecule has 1 aliphatic rings. The van der Waals surface area contributed by atoms with Crippen LogP contribution in [0.4, 0.5) is 0 Å². The Morgan fingerprint density at radius 2 is 1.79 bits per heavy atom. The Kier molecular flexibility index (Phi) is 3.25. The Morgan fingerprint density at radius 3 is 2.58 bits per heavy atom. The summed E-state index contributed by atoms with van der Waals surface area (Å²) in [6.07, 6.45) is 0. The van der Waals surface area contributed by atoms with E-state index < -0.39 is 10.0 Å². The minimum Gasteiger partial charge on any atom is -0.459 e. The zero-order valence-electron chi connectivity index (χ0n) is 13.3. The van der Waals surface area contributed by atoms with Crippen LogP contribution in [0, 0.1) is 6.92 Å². The highest BCUT2D eigenvalue weighted by Gasteiger charge is 2.31. The van der Waals surface area contributed by atoms with Gasteiger partial charge in [-0.25, -0.2) is 8.42 Å². The maximum absolute atomic E-state index is 12.2. The largest absolute Gasteiger partial charge is 0.459 e. The van der Waals surface area contributed by atoms with E-state index in [9.17, 15) is 8.42 Å². The lowest BCUT2D eigenvalue weighted by Crippen LogP contribution is -2.22. The lowest BCUT2D eigenvalue weighted by atomic mass is 10.1. The van der Waals surface area contributed by atoms with E-state index in [0.717, 1.165) is 22.3 Å². The normalized spacial score (nSPS) is 18.5. The number of nitrogens with one attached hydrogen (secondary N) is 1. The second-order valence-corrected chi connectivity index (χ2v) is 7.49. The predicted molar refractivity (Wildman–Crippen MR) is 92.7 cm³/mol. The monoisotopic (exact) mass is 340 g/mol. The fourth-order valence-corrected chi connectivity index (χ4v) is 4.31. The summed E-state index contributed by atoms with van der Waals surface area (Å²) < 4.78 is 32.8. The summed E-state index contributed by atoms with van der Waals surface area (Å²) in [7, 11) is -3.53. The molecule has 0 spiro atoms. The number of fused-ring (bicyclic) bond motifs is 2. The van der Waals surface area contributed by atoms with Gasteiger partial charge >= 0.3 is 0 Å². The lowest BCUT2D eigenvalue weighted by Gasteiger charge is -2.06. The molecule has 0 radical (unpaired) electrons. The maximum Gasteiger partial charge on any atom is 0.263 e. The number of benzene rings is 2. The maximum atomic E-state index is 12.2. The number of nitrogens with zero attached hydrogens (tertiary/aromatic N) is 1. The van der Waals surface area contributed by atoms with Gasteiger partial charge < -0.3 is 4.42 Å². The van der Waals surface area contributed by atoms with Crippen LogP contribution in [0.25, 0.3) is 11.0 Å². The molecule has 0 amide bonds. The van der Waals surface area contributed by atoms with E-state index in [1.54, 1.807) is 24.3 Å². The van der Waals surface area contributed by atoms with Gasteiger partial charge in [-0.1, -0.05) is 30.3 Å². The molecule has 4 rings (SSSR count). The molecular formula is C18H16N2O3S. The number of hydrogen-bond acceptors (Lipinski definition) is 4. The fourth-order valence-electron chi connectivity index (χ4n) is 3.07. The number of sulfonamides is 1. The molecule has 0 unspecified atom stereocenters. The van der Waals surface area contributed by atoms with Crippen molar-refractivity contribution >= 4 is 26.8 Å².